The molecule has 0 bridgehead atoms. The Morgan fingerprint density at radius 2 is 1.96 bits per heavy atom. The number of pyridine rings is 1. The average Bonchev–Trinajstić information content (AvgIpc) is 3.03. The number of nitrogens with zero attached hydrogens (tertiary/aromatic N) is 2. The Balaban J connectivity index is 1.56. The van der Waals surface area contributed by atoms with Crippen LogP contribution in [0.2, 0.25) is 0 Å². The molecule has 1 aliphatic carbocycles. The van der Waals surface area contributed by atoms with E-state index in [2.05, 4.69) is 10.3 Å². The van der Waals surface area contributed by atoms with Gasteiger partial charge in [0.2, 0.25) is 5.91 Å². The number of likely N-dealkylation sites (tertiary alicyclic amines) is 1. The SMILES string of the molecule is O=C(O)c1cccc(NC2CCN(C(=O)C3CCCCC3)C2)n1. The van der Waals surface area contributed by atoms with Gasteiger partial charge in [0.15, 0.2) is 5.69 Å². The van der Waals surface area contributed by atoms with Crippen molar-refractivity contribution in [2.75, 3.05) is 18.4 Å². The summed E-state index contributed by atoms with van der Waals surface area (Å²) >= 11 is 0. The standard InChI is InChI=1S/C17H23N3O3/c21-16(12-5-2-1-3-6-12)20-10-9-13(11-20)18-15-8-4-7-14(19-15)17(22)23/h4,7-8,12-13H,1-3,5-6,9-11H2,(H,18,19)(H,22,23). The monoisotopic (exact) mass is 317 g/mol. The fraction of sp³-hybridized carbons (Fsp3) is 0.588. The van der Waals surface area contributed by atoms with Crippen LogP contribution in [0, 0.1) is 5.92 Å². The molecule has 0 spiro atoms. The number of hydrogen-bond donors (Lipinski definition) is 2. The smallest absolute Gasteiger partial charge is 0.354 e. The van der Waals surface area contributed by atoms with E-state index in [1.165, 1.54) is 12.5 Å². The van der Waals surface area contributed by atoms with Gasteiger partial charge in [0, 0.05) is 25.0 Å². The molecule has 3 rings (SSSR count). The highest BCUT2D eigenvalue weighted by atomic mass is 16.4. The van der Waals surface area contributed by atoms with Crippen LogP contribution in [0.15, 0.2) is 18.2 Å². The maximum absolute atomic E-state index is 12.5. The number of hydrogen-bond acceptors (Lipinski definition) is 4. The van der Waals surface area contributed by atoms with Crippen LogP contribution in [0.5, 0.6) is 0 Å². The Hall–Kier alpha value is -2.11. The Morgan fingerprint density at radius 3 is 2.70 bits per heavy atom. The van der Waals surface area contributed by atoms with Gasteiger partial charge in [-0.3, -0.25) is 4.79 Å². The molecule has 1 saturated heterocycles. The van der Waals surface area contributed by atoms with Crippen molar-refractivity contribution in [2.45, 2.75) is 44.6 Å². The van der Waals surface area contributed by atoms with Crippen molar-refractivity contribution in [1.29, 1.82) is 0 Å². The first kappa shape index (κ1) is 15.8. The molecule has 0 aromatic carbocycles. The zero-order valence-corrected chi connectivity index (χ0v) is 13.2. The molecule has 0 radical (unpaired) electrons. The van der Waals surface area contributed by atoms with Crippen LogP contribution in [0.3, 0.4) is 0 Å². The molecule has 1 aliphatic heterocycles. The van der Waals surface area contributed by atoms with Gasteiger partial charge in [-0.2, -0.15) is 0 Å². The molecular weight excluding hydrogens is 294 g/mol. The fourth-order valence-electron chi connectivity index (χ4n) is 3.53. The minimum absolute atomic E-state index is 0.0307. The second-order valence-electron chi connectivity index (χ2n) is 6.46. The molecule has 6 heteroatoms. The lowest BCUT2D eigenvalue weighted by Crippen LogP contribution is -2.36. The van der Waals surface area contributed by atoms with E-state index in [4.69, 9.17) is 5.11 Å². The van der Waals surface area contributed by atoms with Gasteiger partial charge in [-0.05, 0) is 31.4 Å². The first-order valence-corrected chi connectivity index (χ1v) is 8.39. The average molecular weight is 317 g/mol. The van der Waals surface area contributed by atoms with E-state index in [1.807, 2.05) is 4.90 Å². The normalized spacial score (nSPS) is 22.1. The molecule has 6 nitrogen and oxygen atoms in total. The van der Waals surface area contributed by atoms with Crippen molar-refractivity contribution in [3.05, 3.63) is 23.9 Å². The van der Waals surface area contributed by atoms with E-state index in [1.54, 1.807) is 12.1 Å². The molecule has 1 aromatic heterocycles. The van der Waals surface area contributed by atoms with Crippen molar-refractivity contribution >= 4 is 17.7 Å². The lowest BCUT2D eigenvalue weighted by molar-refractivity contribution is -0.135. The number of carbonyl (C=O) groups is 2. The van der Waals surface area contributed by atoms with Crippen LogP contribution in [0.4, 0.5) is 5.82 Å². The van der Waals surface area contributed by atoms with Crippen LogP contribution in [0.1, 0.15) is 49.0 Å². The third-order valence-electron chi connectivity index (χ3n) is 4.77. The minimum atomic E-state index is -1.03. The Labute approximate surface area is 135 Å². The molecule has 1 amide bonds. The lowest BCUT2D eigenvalue weighted by atomic mass is 9.88. The zero-order chi connectivity index (χ0) is 16.2. The maximum Gasteiger partial charge on any atom is 0.354 e. The quantitative estimate of drug-likeness (QED) is 0.891. The molecule has 1 aromatic rings. The summed E-state index contributed by atoms with van der Waals surface area (Å²) in [5, 5.41) is 12.2. The number of anilines is 1. The van der Waals surface area contributed by atoms with E-state index >= 15 is 0 Å². The number of aromatic carboxylic acids is 1. The minimum Gasteiger partial charge on any atom is -0.477 e. The van der Waals surface area contributed by atoms with Gasteiger partial charge in [-0.15, -0.1) is 0 Å². The van der Waals surface area contributed by atoms with Crippen LogP contribution in [-0.2, 0) is 4.79 Å². The van der Waals surface area contributed by atoms with Crippen molar-refractivity contribution in [3.8, 4) is 0 Å². The molecule has 1 saturated carbocycles. The van der Waals surface area contributed by atoms with Gasteiger partial charge >= 0.3 is 5.97 Å². The highest BCUT2D eigenvalue weighted by Crippen LogP contribution is 2.27. The number of carbonyl (C=O) groups excluding carboxylic acids is 1. The van der Waals surface area contributed by atoms with E-state index in [9.17, 15) is 9.59 Å². The third kappa shape index (κ3) is 3.81. The molecule has 2 heterocycles. The molecule has 23 heavy (non-hydrogen) atoms. The van der Waals surface area contributed by atoms with Crippen molar-refractivity contribution in [1.82, 2.24) is 9.88 Å². The van der Waals surface area contributed by atoms with Gasteiger partial charge in [-0.1, -0.05) is 25.3 Å². The Bertz CT molecular complexity index is 584. The molecule has 1 atom stereocenters. The summed E-state index contributed by atoms with van der Waals surface area (Å²) in [5.41, 5.74) is 0.0307. The topological polar surface area (TPSA) is 82.5 Å². The number of carboxylic acids is 1. The molecule has 124 valence electrons. The van der Waals surface area contributed by atoms with Crippen LogP contribution in [0.25, 0.3) is 0 Å². The summed E-state index contributed by atoms with van der Waals surface area (Å²) < 4.78 is 0. The highest BCUT2D eigenvalue weighted by molar-refractivity contribution is 5.85. The van der Waals surface area contributed by atoms with Gasteiger partial charge < -0.3 is 15.3 Å². The maximum atomic E-state index is 12.5. The van der Waals surface area contributed by atoms with E-state index in [0.717, 1.165) is 38.6 Å². The summed E-state index contributed by atoms with van der Waals surface area (Å²) in [7, 11) is 0. The van der Waals surface area contributed by atoms with Gasteiger partial charge in [0.05, 0.1) is 0 Å². The summed E-state index contributed by atoms with van der Waals surface area (Å²) in [6.45, 7) is 1.44. The Morgan fingerprint density at radius 1 is 1.17 bits per heavy atom. The second-order valence-corrected chi connectivity index (χ2v) is 6.46. The molecule has 2 N–H and O–H groups in total. The summed E-state index contributed by atoms with van der Waals surface area (Å²) in [4.78, 5) is 29.5. The third-order valence-corrected chi connectivity index (χ3v) is 4.77. The van der Waals surface area contributed by atoms with Crippen LogP contribution >= 0.6 is 0 Å². The second kappa shape index (κ2) is 6.98. The largest absolute Gasteiger partial charge is 0.477 e. The molecule has 2 aliphatic rings. The van der Waals surface area contributed by atoms with E-state index in [0.29, 0.717) is 18.3 Å². The van der Waals surface area contributed by atoms with Gasteiger partial charge in [0.1, 0.15) is 5.82 Å². The summed E-state index contributed by atoms with van der Waals surface area (Å²) in [5.74, 6) is 0.0215. The van der Waals surface area contributed by atoms with Crippen LogP contribution < -0.4 is 5.32 Å². The first-order valence-electron chi connectivity index (χ1n) is 8.39. The van der Waals surface area contributed by atoms with Crippen molar-refractivity contribution in [2.24, 2.45) is 5.92 Å². The summed E-state index contributed by atoms with van der Waals surface area (Å²) in [6, 6.07) is 5.05. The number of nitrogens with one attached hydrogen (secondary N) is 1. The number of rotatable bonds is 4. The Kier molecular flexibility index (Phi) is 4.79. The van der Waals surface area contributed by atoms with Gasteiger partial charge in [-0.25, -0.2) is 9.78 Å². The number of amides is 1. The number of aromatic nitrogens is 1. The van der Waals surface area contributed by atoms with E-state index in [-0.39, 0.29) is 17.7 Å². The lowest BCUT2D eigenvalue weighted by Gasteiger charge is -2.26. The first-order chi connectivity index (χ1) is 11.1. The van der Waals surface area contributed by atoms with Crippen molar-refractivity contribution in [3.63, 3.8) is 0 Å². The zero-order valence-electron chi connectivity index (χ0n) is 13.2. The van der Waals surface area contributed by atoms with Crippen LogP contribution in [-0.4, -0.2) is 46.0 Å². The van der Waals surface area contributed by atoms with Crippen molar-refractivity contribution < 1.29 is 14.7 Å². The fourth-order valence-corrected chi connectivity index (χ4v) is 3.53. The summed E-state index contributed by atoms with van der Waals surface area (Å²) in [6.07, 6.45) is 6.50. The number of carboxylic acid groups (broad SMARTS) is 1. The molecule has 2 fully saturated rings. The predicted octanol–water partition coefficient (Wildman–Crippen LogP) is 2.37. The van der Waals surface area contributed by atoms with E-state index < -0.39 is 5.97 Å². The highest BCUT2D eigenvalue weighted by Gasteiger charge is 2.31. The predicted molar refractivity (Wildman–Crippen MR) is 86.4 cm³/mol. The molecular formula is C17H23N3O3. The molecule has 1 unspecified atom stereocenters. The van der Waals surface area contributed by atoms with Gasteiger partial charge in [0.25, 0.3) is 0 Å².